The lowest BCUT2D eigenvalue weighted by Crippen LogP contribution is -2.32. The highest BCUT2D eigenvalue weighted by Crippen LogP contribution is 2.32. The lowest BCUT2D eigenvalue weighted by atomic mass is 9.84. The standard InChI is InChI=1S/C20H27N3O2/c1-14-18(13-21-23(14)16-6-4-5-7-16)22-19(25)20(2,3)12-15-8-10-17(24)11-9-15/h8-11,13,16,24H,4-7,12H2,1-3H3,(H,22,25). The summed E-state index contributed by atoms with van der Waals surface area (Å²) in [4.78, 5) is 12.8. The Labute approximate surface area is 149 Å². The number of carbonyl (C=O) groups is 1. The molecule has 1 aliphatic rings. The Balaban J connectivity index is 1.69. The van der Waals surface area contributed by atoms with Crippen molar-refractivity contribution in [1.82, 2.24) is 9.78 Å². The van der Waals surface area contributed by atoms with Crippen LogP contribution in [0.5, 0.6) is 5.75 Å². The number of phenols is 1. The van der Waals surface area contributed by atoms with E-state index in [-0.39, 0.29) is 11.7 Å². The molecule has 1 fully saturated rings. The van der Waals surface area contributed by atoms with Crippen LogP contribution in [0.1, 0.15) is 56.8 Å². The van der Waals surface area contributed by atoms with E-state index < -0.39 is 5.41 Å². The zero-order chi connectivity index (χ0) is 18.0. The van der Waals surface area contributed by atoms with Crippen molar-refractivity contribution < 1.29 is 9.90 Å². The number of hydrogen-bond acceptors (Lipinski definition) is 3. The van der Waals surface area contributed by atoms with E-state index in [2.05, 4.69) is 15.1 Å². The van der Waals surface area contributed by atoms with Gasteiger partial charge in [-0.25, -0.2) is 0 Å². The number of hydrogen-bond donors (Lipinski definition) is 2. The number of aromatic nitrogens is 2. The molecule has 1 saturated carbocycles. The molecule has 0 bridgehead atoms. The van der Waals surface area contributed by atoms with E-state index in [1.807, 2.05) is 32.9 Å². The molecule has 5 heteroatoms. The fraction of sp³-hybridized carbons (Fsp3) is 0.500. The van der Waals surface area contributed by atoms with Crippen LogP contribution in [0.25, 0.3) is 0 Å². The van der Waals surface area contributed by atoms with E-state index in [1.165, 1.54) is 25.7 Å². The van der Waals surface area contributed by atoms with Crippen molar-refractivity contribution in [2.24, 2.45) is 5.41 Å². The molecule has 0 aliphatic heterocycles. The van der Waals surface area contributed by atoms with Gasteiger partial charge in [-0.1, -0.05) is 38.8 Å². The lowest BCUT2D eigenvalue weighted by molar-refractivity contribution is -0.123. The largest absolute Gasteiger partial charge is 0.508 e. The Kier molecular flexibility index (Phi) is 4.84. The molecule has 0 atom stereocenters. The van der Waals surface area contributed by atoms with Gasteiger partial charge in [0.2, 0.25) is 5.91 Å². The highest BCUT2D eigenvalue weighted by atomic mass is 16.3. The number of amides is 1. The maximum atomic E-state index is 12.8. The van der Waals surface area contributed by atoms with Crippen molar-refractivity contribution in [3.8, 4) is 5.75 Å². The third kappa shape index (κ3) is 3.86. The molecule has 1 amide bonds. The molecule has 2 aromatic rings. The van der Waals surface area contributed by atoms with E-state index in [9.17, 15) is 9.90 Å². The Morgan fingerprint density at radius 3 is 2.56 bits per heavy atom. The van der Waals surface area contributed by atoms with Crippen molar-refractivity contribution in [2.75, 3.05) is 5.32 Å². The molecule has 1 heterocycles. The van der Waals surface area contributed by atoms with Gasteiger partial charge in [-0.05, 0) is 43.9 Å². The summed E-state index contributed by atoms with van der Waals surface area (Å²) < 4.78 is 2.07. The van der Waals surface area contributed by atoms with Crippen molar-refractivity contribution in [2.45, 2.75) is 58.9 Å². The van der Waals surface area contributed by atoms with Gasteiger partial charge in [0.05, 0.1) is 23.6 Å². The molecule has 25 heavy (non-hydrogen) atoms. The predicted molar refractivity (Wildman–Crippen MR) is 98.7 cm³/mol. The molecule has 134 valence electrons. The highest BCUT2D eigenvalue weighted by molar-refractivity contribution is 5.95. The minimum atomic E-state index is -0.557. The van der Waals surface area contributed by atoms with Crippen molar-refractivity contribution in [1.29, 1.82) is 0 Å². The molecule has 5 nitrogen and oxygen atoms in total. The van der Waals surface area contributed by atoms with E-state index in [1.54, 1.807) is 18.3 Å². The van der Waals surface area contributed by atoms with Crippen LogP contribution < -0.4 is 5.32 Å². The molecular weight excluding hydrogens is 314 g/mol. The van der Waals surface area contributed by atoms with Gasteiger partial charge in [-0.15, -0.1) is 0 Å². The maximum absolute atomic E-state index is 12.8. The Hall–Kier alpha value is -2.30. The summed E-state index contributed by atoms with van der Waals surface area (Å²) in [6.45, 7) is 5.89. The van der Waals surface area contributed by atoms with E-state index in [0.717, 1.165) is 16.9 Å². The van der Waals surface area contributed by atoms with Crippen LogP contribution in [0.3, 0.4) is 0 Å². The highest BCUT2D eigenvalue weighted by Gasteiger charge is 2.29. The summed E-state index contributed by atoms with van der Waals surface area (Å²) in [5, 5.41) is 16.9. The molecule has 2 N–H and O–H groups in total. The van der Waals surface area contributed by atoms with Gasteiger partial charge in [0.1, 0.15) is 5.75 Å². The molecule has 0 saturated heterocycles. The van der Waals surface area contributed by atoms with Gasteiger partial charge in [-0.3, -0.25) is 9.48 Å². The summed E-state index contributed by atoms with van der Waals surface area (Å²) in [5.74, 6) is 0.218. The van der Waals surface area contributed by atoms with Crippen LogP contribution in [0.15, 0.2) is 30.5 Å². The average molecular weight is 341 g/mol. The van der Waals surface area contributed by atoms with Gasteiger partial charge in [0.15, 0.2) is 0 Å². The summed E-state index contributed by atoms with van der Waals surface area (Å²) >= 11 is 0. The molecule has 3 rings (SSSR count). The number of phenolic OH excluding ortho intramolecular Hbond substituents is 1. The first-order valence-electron chi connectivity index (χ1n) is 9.00. The maximum Gasteiger partial charge on any atom is 0.230 e. The van der Waals surface area contributed by atoms with Gasteiger partial charge < -0.3 is 10.4 Å². The first-order chi connectivity index (χ1) is 11.9. The second-order valence-electron chi connectivity index (χ2n) is 7.71. The first-order valence-corrected chi connectivity index (χ1v) is 9.00. The number of nitrogens with one attached hydrogen (secondary N) is 1. The molecule has 0 radical (unpaired) electrons. The Bertz CT molecular complexity index is 741. The first kappa shape index (κ1) is 17.5. The van der Waals surface area contributed by atoms with Crippen LogP contribution in [-0.2, 0) is 11.2 Å². The van der Waals surface area contributed by atoms with Crippen molar-refractivity contribution in [3.63, 3.8) is 0 Å². The van der Waals surface area contributed by atoms with Crippen molar-refractivity contribution >= 4 is 11.6 Å². The van der Waals surface area contributed by atoms with Crippen LogP contribution in [-0.4, -0.2) is 20.8 Å². The van der Waals surface area contributed by atoms with Crippen LogP contribution in [0.4, 0.5) is 5.69 Å². The van der Waals surface area contributed by atoms with Gasteiger partial charge in [0, 0.05) is 5.41 Å². The number of aromatic hydroxyl groups is 1. The molecule has 1 aromatic carbocycles. The number of carbonyl (C=O) groups excluding carboxylic acids is 1. The van der Waals surface area contributed by atoms with Crippen LogP contribution >= 0.6 is 0 Å². The molecule has 1 aliphatic carbocycles. The Morgan fingerprint density at radius 2 is 1.92 bits per heavy atom. The smallest absolute Gasteiger partial charge is 0.230 e. The minimum Gasteiger partial charge on any atom is -0.508 e. The quantitative estimate of drug-likeness (QED) is 0.855. The number of benzene rings is 1. The summed E-state index contributed by atoms with van der Waals surface area (Å²) in [7, 11) is 0. The van der Waals surface area contributed by atoms with E-state index >= 15 is 0 Å². The Morgan fingerprint density at radius 1 is 1.28 bits per heavy atom. The topological polar surface area (TPSA) is 67.2 Å². The fourth-order valence-corrected chi connectivity index (χ4v) is 3.56. The minimum absolute atomic E-state index is 0.0188. The van der Waals surface area contributed by atoms with Crippen molar-refractivity contribution in [3.05, 3.63) is 41.7 Å². The molecule has 1 aromatic heterocycles. The molecule has 0 unspecified atom stereocenters. The van der Waals surface area contributed by atoms with Gasteiger partial charge >= 0.3 is 0 Å². The lowest BCUT2D eigenvalue weighted by Gasteiger charge is -2.23. The SMILES string of the molecule is Cc1c(NC(=O)C(C)(C)Cc2ccc(O)cc2)cnn1C1CCCC1. The number of rotatable bonds is 5. The predicted octanol–water partition coefficient (Wildman–Crippen LogP) is 4.22. The number of anilines is 1. The summed E-state index contributed by atoms with van der Waals surface area (Å²) in [6, 6.07) is 7.48. The van der Waals surface area contributed by atoms with Crippen LogP contribution in [0, 0.1) is 12.3 Å². The van der Waals surface area contributed by atoms with E-state index in [4.69, 9.17) is 0 Å². The number of nitrogens with zero attached hydrogens (tertiary/aromatic N) is 2. The third-order valence-electron chi connectivity index (χ3n) is 5.16. The fourth-order valence-electron chi connectivity index (χ4n) is 3.56. The average Bonchev–Trinajstić information content (AvgIpc) is 3.20. The molecular formula is C20H27N3O2. The zero-order valence-electron chi connectivity index (χ0n) is 15.2. The normalized spacial score (nSPS) is 15.5. The van der Waals surface area contributed by atoms with Gasteiger partial charge in [-0.2, -0.15) is 5.10 Å². The monoisotopic (exact) mass is 341 g/mol. The summed E-state index contributed by atoms with van der Waals surface area (Å²) in [5.41, 5.74) is 2.30. The zero-order valence-corrected chi connectivity index (χ0v) is 15.2. The summed E-state index contributed by atoms with van der Waals surface area (Å²) in [6.07, 6.45) is 7.22. The van der Waals surface area contributed by atoms with Gasteiger partial charge in [0.25, 0.3) is 0 Å². The second-order valence-corrected chi connectivity index (χ2v) is 7.71. The van der Waals surface area contributed by atoms with Crippen LogP contribution in [0.2, 0.25) is 0 Å². The van der Waals surface area contributed by atoms with E-state index in [0.29, 0.717) is 12.5 Å². The second kappa shape index (κ2) is 6.90. The molecule has 0 spiro atoms. The third-order valence-corrected chi connectivity index (χ3v) is 5.16.